The van der Waals surface area contributed by atoms with Crippen molar-refractivity contribution in [2.45, 2.75) is 43.3 Å². The first-order chi connectivity index (χ1) is 15.1. The second-order valence-corrected chi connectivity index (χ2v) is 9.59. The van der Waals surface area contributed by atoms with Gasteiger partial charge < -0.3 is 14.3 Å². The molecule has 3 aromatic rings. The third kappa shape index (κ3) is 4.89. The minimum atomic E-state index is -1.34. The van der Waals surface area contributed by atoms with Gasteiger partial charge in [-0.1, -0.05) is 17.8 Å². The highest BCUT2D eigenvalue weighted by atomic mass is 32.2. The molecule has 0 unspecified atom stereocenters. The molecule has 32 heavy (non-hydrogen) atoms. The van der Waals surface area contributed by atoms with Crippen LogP contribution in [-0.4, -0.2) is 35.0 Å². The summed E-state index contributed by atoms with van der Waals surface area (Å²) in [4.78, 5) is 25.4. The number of benzene rings is 2. The SMILES string of the molecule is CSc1cc2c(SC)ccc(C(=O)/C=C/c3cc(C)c(OC(C)(C)C(=O)O)c(C)c3)c2o1. The second-order valence-electron chi connectivity index (χ2n) is 7.93. The van der Waals surface area contributed by atoms with Crippen molar-refractivity contribution in [2.75, 3.05) is 12.5 Å². The number of ketones is 1. The zero-order valence-electron chi connectivity index (χ0n) is 18.9. The maximum Gasteiger partial charge on any atom is 0.347 e. The number of hydrogen-bond donors (Lipinski definition) is 1. The first-order valence-corrected chi connectivity index (χ1v) is 12.4. The van der Waals surface area contributed by atoms with Gasteiger partial charge in [-0.25, -0.2) is 4.79 Å². The zero-order valence-corrected chi connectivity index (χ0v) is 20.6. The number of thioether (sulfide) groups is 2. The Morgan fingerprint density at radius 1 is 1.06 bits per heavy atom. The smallest absolute Gasteiger partial charge is 0.347 e. The van der Waals surface area contributed by atoms with Crippen LogP contribution in [0.25, 0.3) is 17.0 Å². The summed E-state index contributed by atoms with van der Waals surface area (Å²) in [5.74, 6) is -0.644. The predicted octanol–water partition coefficient (Wildman–Crippen LogP) is 6.63. The molecule has 0 aliphatic rings. The Morgan fingerprint density at radius 2 is 1.72 bits per heavy atom. The normalized spacial score (nSPS) is 11.9. The molecule has 1 N–H and O–H groups in total. The third-order valence-corrected chi connectivity index (χ3v) is 6.49. The van der Waals surface area contributed by atoms with E-state index in [0.29, 0.717) is 16.9 Å². The van der Waals surface area contributed by atoms with E-state index in [-0.39, 0.29) is 5.78 Å². The van der Waals surface area contributed by atoms with Crippen LogP contribution in [0.2, 0.25) is 0 Å². The van der Waals surface area contributed by atoms with Gasteiger partial charge in [-0.2, -0.15) is 0 Å². The Hall–Kier alpha value is -2.64. The van der Waals surface area contributed by atoms with Gasteiger partial charge in [0.25, 0.3) is 0 Å². The standard InChI is InChI=1S/C25H26O5S2/c1-14-11-16(12-15(2)22(14)30-25(3,4)24(27)28)7-9-19(26)17-8-10-20(31-5)18-13-21(32-6)29-23(17)18/h7-13H,1-6H3,(H,27,28)/b9-7+. The molecule has 1 aromatic heterocycles. The number of carboxylic acids is 1. The molecular weight excluding hydrogens is 444 g/mol. The highest BCUT2D eigenvalue weighted by Crippen LogP contribution is 2.35. The largest absolute Gasteiger partial charge is 0.478 e. The molecule has 0 bridgehead atoms. The minimum absolute atomic E-state index is 0.146. The Kier molecular flexibility index (Phi) is 7.10. The van der Waals surface area contributed by atoms with Crippen molar-refractivity contribution in [2.24, 2.45) is 0 Å². The van der Waals surface area contributed by atoms with Gasteiger partial charge in [0.1, 0.15) is 11.3 Å². The highest BCUT2D eigenvalue weighted by molar-refractivity contribution is 7.99. The molecule has 7 heteroatoms. The van der Waals surface area contributed by atoms with E-state index >= 15 is 0 Å². The van der Waals surface area contributed by atoms with Gasteiger partial charge in [-0.15, -0.1) is 11.8 Å². The summed E-state index contributed by atoms with van der Waals surface area (Å²) in [5, 5.41) is 11.0. The summed E-state index contributed by atoms with van der Waals surface area (Å²) in [6, 6.07) is 9.45. The summed E-state index contributed by atoms with van der Waals surface area (Å²) in [5.41, 5.74) is 2.21. The molecule has 5 nitrogen and oxygen atoms in total. The van der Waals surface area contributed by atoms with E-state index < -0.39 is 11.6 Å². The number of carbonyl (C=O) groups is 2. The Morgan fingerprint density at radius 3 is 2.28 bits per heavy atom. The number of rotatable bonds is 8. The molecule has 2 aromatic carbocycles. The molecule has 0 aliphatic carbocycles. The molecule has 0 fully saturated rings. The summed E-state index contributed by atoms with van der Waals surface area (Å²) < 4.78 is 11.7. The number of furan rings is 1. The molecule has 0 saturated heterocycles. The third-order valence-electron chi connectivity index (χ3n) is 5.09. The van der Waals surface area contributed by atoms with E-state index in [9.17, 15) is 14.7 Å². The van der Waals surface area contributed by atoms with Crippen LogP contribution in [0.4, 0.5) is 0 Å². The van der Waals surface area contributed by atoms with Crippen molar-refractivity contribution >= 4 is 52.3 Å². The fourth-order valence-electron chi connectivity index (χ4n) is 3.35. The van der Waals surface area contributed by atoms with Crippen molar-refractivity contribution in [3.63, 3.8) is 0 Å². The summed E-state index contributed by atoms with van der Waals surface area (Å²) >= 11 is 3.12. The topological polar surface area (TPSA) is 76.7 Å². The molecular formula is C25H26O5S2. The average Bonchev–Trinajstić information content (AvgIpc) is 3.18. The maximum atomic E-state index is 13.0. The van der Waals surface area contributed by atoms with Crippen molar-refractivity contribution in [3.8, 4) is 5.75 Å². The lowest BCUT2D eigenvalue weighted by molar-refractivity contribution is -0.152. The Bertz CT molecular complexity index is 1200. The fraction of sp³-hybridized carbons (Fsp3) is 0.280. The number of allylic oxidation sites excluding steroid dienone is 1. The first-order valence-electron chi connectivity index (χ1n) is 9.98. The molecule has 0 radical (unpaired) electrons. The number of aryl methyl sites for hydroxylation is 2. The van der Waals surface area contributed by atoms with Crippen molar-refractivity contribution in [1.29, 1.82) is 0 Å². The van der Waals surface area contributed by atoms with Crippen LogP contribution in [0, 0.1) is 13.8 Å². The van der Waals surface area contributed by atoms with Gasteiger partial charge in [-0.3, -0.25) is 4.79 Å². The minimum Gasteiger partial charge on any atom is -0.478 e. The fourth-order valence-corrected chi connectivity index (χ4v) is 4.33. The first kappa shape index (κ1) is 24.0. The van der Waals surface area contributed by atoms with E-state index in [2.05, 4.69) is 0 Å². The molecule has 0 saturated carbocycles. The molecule has 0 amide bonds. The lowest BCUT2D eigenvalue weighted by Crippen LogP contribution is -2.38. The Labute approximate surface area is 196 Å². The van der Waals surface area contributed by atoms with Crippen molar-refractivity contribution < 1.29 is 23.8 Å². The summed E-state index contributed by atoms with van der Waals surface area (Å²) in [7, 11) is 0. The van der Waals surface area contributed by atoms with Gasteiger partial charge in [0.05, 0.1) is 5.56 Å². The second kappa shape index (κ2) is 9.46. The maximum absolute atomic E-state index is 13.0. The predicted molar refractivity (Wildman–Crippen MR) is 131 cm³/mol. The van der Waals surface area contributed by atoms with Crippen LogP contribution >= 0.6 is 23.5 Å². The molecule has 1 heterocycles. The van der Waals surface area contributed by atoms with E-state index in [0.717, 1.165) is 32.1 Å². The van der Waals surface area contributed by atoms with E-state index in [1.165, 1.54) is 31.7 Å². The van der Waals surface area contributed by atoms with Crippen LogP contribution in [-0.2, 0) is 4.79 Å². The van der Waals surface area contributed by atoms with Crippen LogP contribution in [0.3, 0.4) is 0 Å². The summed E-state index contributed by atoms with van der Waals surface area (Å²) in [6.45, 7) is 6.75. The quantitative estimate of drug-likeness (QED) is 0.225. The van der Waals surface area contributed by atoms with Crippen LogP contribution in [0.1, 0.15) is 40.9 Å². The number of hydrogen-bond acceptors (Lipinski definition) is 6. The van der Waals surface area contributed by atoms with E-state index in [4.69, 9.17) is 9.15 Å². The number of aliphatic carboxylic acids is 1. The van der Waals surface area contributed by atoms with E-state index in [1.54, 1.807) is 23.9 Å². The van der Waals surface area contributed by atoms with Crippen LogP contribution in [0.5, 0.6) is 5.75 Å². The number of fused-ring (bicyclic) bond motifs is 1. The number of carbonyl (C=O) groups excluding carboxylic acids is 1. The van der Waals surface area contributed by atoms with Crippen molar-refractivity contribution in [3.05, 3.63) is 58.7 Å². The van der Waals surface area contributed by atoms with Gasteiger partial charge in [0.2, 0.25) is 0 Å². The van der Waals surface area contributed by atoms with E-state index in [1.807, 2.05) is 50.6 Å². The van der Waals surface area contributed by atoms with Crippen molar-refractivity contribution in [1.82, 2.24) is 0 Å². The molecule has 0 spiro atoms. The van der Waals surface area contributed by atoms with Gasteiger partial charge in [-0.05, 0) is 93.3 Å². The average molecular weight is 471 g/mol. The zero-order chi connectivity index (χ0) is 23.6. The number of ether oxygens (including phenoxy) is 1. The number of carboxylic acid groups (broad SMARTS) is 1. The Balaban J connectivity index is 1.91. The molecule has 0 aliphatic heterocycles. The molecule has 0 atom stereocenters. The lowest BCUT2D eigenvalue weighted by atomic mass is 10.0. The van der Waals surface area contributed by atoms with Gasteiger partial charge >= 0.3 is 5.97 Å². The van der Waals surface area contributed by atoms with Crippen LogP contribution < -0.4 is 4.74 Å². The highest BCUT2D eigenvalue weighted by Gasteiger charge is 2.30. The molecule has 3 rings (SSSR count). The monoisotopic (exact) mass is 470 g/mol. The summed E-state index contributed by atoms with van der Waals surface area (Å²) in [6.07, 6.45) is 7.22. The molecule has 168 valence electrons. The van der Waals surface area contributed by atoms with Gasteiger partial charge in [0.15, 0.2) is 16.5 Å². The van der Waals surface area contributed by atoms with Crippen LogP contribution in [0.15, 0.2) is 50.8 Å². The lowest BCUT2D eigenvalue weighted by Gasteiger charge is -2.24. The van der Waals surface area contributed by atoms with Gasteiger partial charge in [0, 0.05) is 10.3 Å².